The standard InChI is InChI=1S/C32H35ClN2O8S/c1-7-39-24-15-20(14-22(33)29(24)42-17-26(36)40-8-2)16-25-30(37)35-28(21-12-10-11-13-23(21)43-18(4)5)27(31(38)41-9-3)19(6)34-32(35)44-25/h10-16,18,28H,7-9,17H2,1-6H3/b25-16+/t28-/m1/s1. The Bertz CT molecular complexity index is 1760. The molecule has 0 aliphatic carbocycles. The lowest BCUT2D eigenvalue weighted by molar-refractivity contribution is -0.145. The number of fused-ring (bicyclic) bond motifs is 1. The summed E-state index contributed by atoms with van der Waals surface area (Å²) in [5.41, 5.74) is 1.55. The van der Waals surface area contributed by atoms with Gasteiger partial charge < -0.3 is 23.7 Å². The Morgan fingerprint density at radius 3 is 2.45 bits per heavy atom. The summed E-state index contributed by atoms with van der Waals surface area (Å²) in [6, 6.07) is 9.77. The number of allylic oxidation sites excluding steroid dienone is 1. The van der Waals surface area contributed by atoms with E-state index in [1.54, 1.807) is 45.9 Å². The molecule has 0 fully saturated rings. The highest BCUT2D eigenvalue weighted by Crippen LogP contribution is 2.38. The highest BCUT2D eigenvalue weighted by molar-refractivity contribution is 7.07. The molecule has 12 heteroatoms. The number of aromatic nitrogens is 1. The second kappa shape index (κ2) is 14.6. The first-order valence-corrected chi connectivity index (χ1v) is 15.5. The Balaban J connectivity index is 1.87. The van der Waals surface area contributed by atoms with Crippen molar-refractivity contribution >= 4 is 41.0 Å². The van der Waals surface area contributed by atoms with Gasteiger partial charge in [-0.1, -0.05) is 41.1 Å². The van der Waals surface area contributed by atoms with Gasteiger partial charge in [-0.05, 0) is 71.4 Å². The topological polar surface area (TPSA) is 115 Å². The van der Waals surface area contributed by atoms with Gasteiger partial charge in [-0.3, -0.25) is 9.36 Å². The number of esters is 2. The van der Waals surface area contributed by atoms with E-state index in [1.165, 1.54) is 15.9 Å². The minimum Gasteiger partial charge on any atom is -0.491 e. The van der Waals surface area contributed by atoms with Crippen LogP contribution in [0, 0.1) is 0 Å². The zero-order valence-electron chi connectivity index (χ0n) is 25.5. The molecule has 44 heavy (non-hydrogen) atoms. The maximum atomic E-state index is 14.1. The normalized spacial score (nSPS) is 14.6. The number of carbonyl (C=O) groups excluding carboxylic acids is 2. The fraction of sp³-hybridized carbons (Fsp3) is 0.375. The maximum Gasteiger partial charge on any atom is 0.344 e. The summed E-state index contributed by atoms with van der Waals surface area (Å²) in [5, 5.41) is 0.192. The van der Waals surface area contributed by atoms with Crippen molar-refractivity contribution in [3.05, 3.63) is 83.5 Å². The van der Waals surface area contributed by atoms with E-state index in [0.717, 1.165) is 0 Å². The molecule has 2 aromatic carbocycles. The quantitative estimate of drug-likeness (QED) is 0.264. The number of ether oxygens (including phenoxy) is 5. The van der Waals surface area contributed by atoms with E-state index in [1.807, 2.05) is 38.1 Å². The zero-order chi connectivity index (χ0) is 32.0. The van der Waals surface area contributed by atoms with Crippen LogP contribution >= 0.6 is 22.9 Å². The molecule has 0 saturated carbocycles. The second-order valence-electron chi connectivity index (χ2n) is 9.86. The molecule has 10 nitrogen and oxygen atoms in total. The molecule has 0 saturated heterocycles. The lowest BCUT2D eigenvalue weighted by Gasteiger charge is -2.26. The first kappa shape index (κ1) is 32.8. The molecule has 234 valence electrons. The van der Waals surface area contributed by atoms with Gasteiger partial charge in [-0.2, -0.15) is 0 Å². The number of hydrogen-bond acceptors (Lipinski definition) is 10. The molecule has 0 bridgehead atoms. The number of hydrogen-bond donors (Lipinski definition) is 0. The van der Waals surface area contributed by atoms with Crippen LogP contribution < -0.4 is 29.1 Å². The Kier molecular flexibility index (Phi) is 10.9. The Hall–Kier alpha value is -4.09. The van der Waals surface area contributed by atoms with E-state index in [0.29, 0.717) is 44.3 Å². The Morgan fingerprint density at radius 2 is 1.77 bits per heavy atom. The van der Waals surface area contributed by atoms with Crippen LogP contribution in [-0.2, 0) is 19.1 Å². The predicted molar refractivity (Wildman–Crippen MR) is 167 cm³/mol. The number of rotatable bonds is 12. The Labute approximate surface area is 264 Å². The molecule has 4 rings (SSSR count). The monoisotopic (exact) mass is 642 g/mol. The second-order valence-corrected chi connectivity index (χ2v) is 11.3. The fourth-order valence-electron chi connectivity index (χ4n) is 4.71. The molecule has 0 amide bonds. The number of carbonyl (C=O) groups is 2. The van der Waals surface area contributed by atoms with Crippen LogP contribution in [0.3, 0.4) is 0 Å². The van der Waals surface area contributed by atoms with Crippen molar-refractivity contribution in [2.45, 2.75) is 53.7 Å². The van der Waals surface area contributed by atoms with E-state index in [9.17, 15) is 14.4 Å². The summed E-state index contributed by atoms with van der Waals surface area (Å²) >= 11 is 7.73. The fourth-order valence-corrected chi connectivity index (χ4v) is 6.03. The molecule has 0 spiro atoms. The lowest BCUT2D eigenvalue weighted by atomic mass is 9.95. The third kappa shape index (κ3) is 7.16. The lowest BCUT2D eigenvalue weighted by Crippen LogP contribution is -2.40. The number of nitrogens with zero attached hydrogens (tertiary/aromatic N) is 2. The Morgan fingerprint density at radius 1 is 1.05 bits per heavy atom. The van der Waals surface area contributed by atoms with Gasteiger partial charge in [0, 0.05) is 5.56 Å². The molecular formula is C32H35ClN2O8S. The first-order valence-electron chi connectivity index (χ1n) is 14.3. The largest absolute Gasteiger partial charge is 0.491 e. The number of thiazole rings is 1. The smallest absolute Gasteiger partial charge is 0.344 e. The molecule has 0 radical (unpaired) electrons. The van der Waals surface area contributed by atoms with Crippen LogP contribution in [0.15, 0.2) is 57.5 Å². The highest BCUT2D eigenvalue weighted by atomic mass is 35.5. The van der Waals surface area contributed by atoms with Crippen LogP contribution in [0.5, 0.6) is 17.2 Å². The molecule has 1 aliphatic rings. The zero-order valence-corrected chi connectivity index (χ0v) is 27.0. The third-order valence-electron chi connectivity index (χ3n) is 6.36. The highest BCUT2D eigenvalue weighted by Gasteiger charge is 2.35. The van der Waals surface area contributed by atoms with E-state index >= 15 is 0 Å². The molecule has 1 atom stereocenters. The summed E-state index contributed by atoms with van der Waals surface area (Å²) in [5.74, 6) is -0.0503. The number of halogens is 1. The van der Waals surface area contributed by atoms with E-state index in [-0.39, 0.29) is 47.8 Å². The van der Waals surface area contributed by atoms with Crippen LogP contribution in [0.1, 0.15) is 58.7 Å². The van der Waals surface area contributed by atoms with E-state index < -0.39 is 18.0 Å². The van der Waals surface area contributed by atoms with Crippen molar-refractivity contribution in [3.8, 4) is 17.2 Å². The van der Waals surface area contributed by atoms with Gasteiger partial charge in [0.1, 0.15) is 11.8 Å². The summed E-state index contributed by atoms with van der Waals surface area (Å²) in [4.78, 5) is 44.3. The molecule has 1 aromatic heterocycles. The van der Waals surface area contributed by atoms with Gasteiger partial charge in [0.05, 0.1) is 46.7 Å². The molecule has 1 aliphatic heterocycles. The van der Waals surface area contributed by atoms with Crippen molar-refractivity contribution < 1.29 is 33.3 Å². The molecule has 3 aromatic rings. The number of para-hydroxylation sites is 1. The van der Waals surface area contributed by atoms with Crippen molar-refractivity contribution in [3.63, 3.8) is 0 Å². The van der Waals surface area contributed by atoms with Crippen LogP contribution in [0.25, 0.3) is 6.08 Å². The maximum absolute atomic E-state index is 14.1. The van der Waals surface area contributed by atoms with Crippen molar-refractivity contribution in [1.82, 2.24) is 4.57 Å². The van der Waals surface area contributed by atoms with Gasteiger partial charge in [0.25, 0.3) is 5.56 Å². The van der Waals surface area contributed by atoms with Gasteiger partial charge in [0.15, 0.2) is 22.9 Å². The average molecular weight is 643 g/mol. The van der Waals surface area contributed by atoms with Gasteiger partial charge >= 0.3 is 11.9 Å². The van der Waals surface area contributed by atoms with Gasteiger partial charge in [-0.25, -0.2) is 14.6 Å². The molecule has 2 heterocycles. The van der Waals surface area contributed by atoms with Crippen molar-refractivity contribution in [1.29, 1.82) is 0 Å². The average Bonchev–Trinajstić information content (AvgIpc) is 3.26. The van der Waals surface area contributed by atoms with Crippen LogP contribution in [0.2, 0.25) is 5.02 Å². The minimum atomic E-state index is -0.830. The third-order valence-corrected chi connectivity index (χ3v) is 7.63. The summed E-state index contributed by atoms with van der Waals surface area (Å²) in [6.45, 7) is 11.1. The molecule has 0 N–H and O–H groups in total. The summed E-state index contributed by atoms with van der Waals surface area (Å²) in [7, 11) is 0. The van der Waals surface area contributed by atoms with Crippen LogP contribution in [-0.4, -0.2) is 49.0 Å². The molecule has 0 unspecified atom stereocenters. The minimum absolute atomic E-state index is 0.142. The van der Waals surface area contributed by atoms with Crippen LogP contribution in [0.4, 0.5) is 0 Å². The predicted octanol–water partition coefficient (Wildman–Crippen LogP) is 4.58. The summed E-state index contributed by atoms with van der Waals surface area (Å²) < 4.78 is 29.6. The van der Waals surface area contributed by atoms with Crippen molar-refractivity contribution in [2.75, 3.05) is 26.4 Å². The van der Waals surface area contributed by atoms with Gasteiger partial charge in [-0.15, -0.1) is 0 Å². The summed E-state index contributed by atoms with van der Waals surface area (Å²) in [6.07, 6.45) is 1.53. The first-order chi connectivity index (χ1) is 21.1. The van der Waals surface area contributed by atoms with Crippen molar-refractivity contribution in [2.24, 2.45) is 4.99 Å². The SMILES string of the molecule is CCOC(=O)COc1c(Cl)cc(/C=c2/sc3n(c2=O)[C@H](c2ccccc2OC(C)C)C(C(=O)OCC)=C(C)N=3)cc1OCC. The van der Waals surface area contributed by atoms with E-state index in [4.69, 9.17) is 35.3 Å². The van der Waals surface area contributed by atoms with E-state index in [2.05, 4.69) is 4.99 Å². The number of benzene rings is 2. The molecular weight excluding hydrogens is 608 g/mol. The van der Waals surface area contributed by atoms with Gasteiger partial charge in [0.2, 0.25) is 0 Å².